The van der Waals surface area contributed by atoms with Gasteiger partial charge in [-0.15, -0.1) is 0 Å². The molecule has 0 aromatic heterocycles. The van der Waals surface area contributed by atoms with Crippen molar-refractivity contribution in [2.24, 2.45) is 5.92 Å². The second-order valence-electron chi connectivity index (χ2n) is 5.81. The van der Waals surface area contributed by atoms with Crippen molar-refractivity contribution in [1.29, 1.82) is 0 Å². The number of halogens is 1. The van der Waals surface area contributed by atoms with Gasteiger partial charge in [0.25, 0.3) is 0 Å². The zero-order valence-electron chi connectivity index (χ0n) is 12.4. The molecule has 2 rings (SSSR count). The van der Waals surface area contributed by atoms with E-state index >= 15 is 0 Å². The van der Waals surface area contributed by atoms with Crippen LogP contribution in [0.25, 0.3) is 0 Å². The molecule has 2 N–H and O–H groups in total. The topological polar surface area (TPSA) is 58.6 Å². The van der Waals surface area contributed by atoms with Crippen molar-refractivity contribution in [2.45, 2.75) is 45.3 Å². The van der Waals surface area contributed by atoms with Crippen molar-refractivity contribution < 1.29 is 14.6 Å². The van der Waals surface area contributed by atoms with Gasteiger partial charge in [-0.1, -0.05) is 31.5 Å². The summed E-state index contributed by atoms with van der Waals surface area (Å²) >= 11 is 5.99. The Balaban J connectivity index is 2.08. The Morgan fingerprint density at radius 2 is 2.29 bits per heavy atom. The highest BCUT2D eigenvalue weighted by atomic mass is 35.5. The van der Waals surface area contributed by atoms with Gasteiger partial charge in [-0.2, -0.15) is 0 Å². The van der Waals surface area contributed by atoms with Gasteiger partial charge in [-0.3, -0.25) is 4.79 Å². The van der Waals surface area contributed by atoms with Crippen molar-refractivity contribution >= 4 is 17.5 Å². The van der Waals surface area contributed by atoms with E-state index in [1.165, 1.54) is 0 Å². The standard InChI is InChI=1S/C16H22ClNO3/c1-10(2)14(19)9-16(20)18-13-4-3-7-21-15-8-11(17)5-6-12(13)15/h5-6,8,10,13-14,19H,3-4,7,9H2,1-2H3,(H,18,20). The molecule has 0 saturated carbocycles. The highest BCUT2D eigenvalue weighted by Gasteiger charge is 2.23. The summed E-state index contributed by atoms with van der Waals surface area (Å²) in [5.74, 6) is 0.665. The van der Waals surface area contributed by atoms with E-state index in [0.29, 0.717) is 11.6 Å². The molecule has 1 aromatic rings. The van der Waals surface area contributed by atoms with Gasteiger partial charge in [-0.05, 0) is 30.9 Å². The summed E-state index contributed by atoms with van der Waals surface area (Å²) < 4.78 is 5.68. The van der Waals surface area contributed by atoms with Gasteiger partial charge in [0.2, 0.25) is 5.91 Å². The number of aliphatic hydroxyl groups is 1. The SMILES string of the molecule is CC(C)C(O)CC(=O)NC1CCCOc2cc(Cl)ccc21. The zero-order chi connectivity index (χ0) is 15.4. The minimum absolute atomic E-state index is 0.0688. The van der Waals surface area contributed by atoms with Crippen molar-refractivity contribution in [3.05, 3.63) is 28.8 Å². The number of carbonyl (C=O) groups is 1. The first-order valence-corrected chi connectivity index (χ1v) is 7.75. The number of benzene rings is 1. The van der Waals surface area contributed by atoms with E-state index in [4.69, 9.17) is 16.3 Å². The van der Waals surface area contributed by atoms with E-state index in [1.54, 1.807) is 12.1 Å². The van der Waals surface area contributed by atoms with Crippen molar-refractivity contribution in [2.75, 3.05) is 6.61 Å². The van der Waals surface area contributed by atoms with Crippen LogP contribution in [-0.2, 0) is 4.79 Å². The lowest BCUT2D eigenvalue weighted by Crippen LogP contribution is -2.32. The molecule has 0 fully saturated rings. The molecule has 0 bridgehead atoms. The molecule has 1 heterocycles. The van der Waals surface area contributed by atoms with Crippen molar-refractivity contribution in [3.63, 3.8) is 0 Å². The monoisotopic (exact) mass is 311 g/mol. The molecule has 116 valence electrons. The first kappa shape index (κ1) is 16.1. The Hall–Kier alpha value is -1.26. The largest absolute Gasteiger partial charge is 0.493 e. The molecule has 1 aliphatic rings. The number of carbonyl (C=O) groups excluding carboxylic acids is 1. The van der Waals surface area contributed by atoms with Gasteiger partial charge in [-0.25, -0.2) is 0 Å². The fraction of sp³-hybridized carbons (Fsp3) is 0.562. The number of rotatable bonds is 4. The minimum Gasteiger partial charge on any atom is -0.493 e. The molecule has 2 unspecified atom stereocenters. The smallest absolute Gasteiger partial charge is 0.223 e. The Kier molecular flexibility index (Phi) is 5.48. The molecular weight excluding hydrogens is 290 g/mol. The van der Waals surface area contributed by atoms with Gasteiger partial charge in [0.05, 0.1) is 25.2 Å². The zero-order valence-corrected chi connectivity index (χ0v) is 13.2. The van der Waals surface area contributed by atoms with Crippen LogP contribution in [0.1, 0.15) is 44.7 Å². The third kappa shape index (κ3) is 4.35. The lowest BCUT2D eigenvalue weighted by atomic mass is 10.0. The van der Waals surface area contributed by atoms with Gasteiger partial charge < -0.3 is 15.2 Å². The number of fused-ring (bicyclic) bond motifs is 1. The predicted molar refractivity (Wildman–Crippen MR) is 82.5 cm³/mol. The van der Waals surface area contributed by atoms with Crippen molar-refractivity contribution in [1.82, 2.24) is 5.32 Å². The maximum atomic E-state index is 12.1. The molecule has 1 aliphatic heterocycles. The Morgan fingerprint density at radius 1 is 1.52 bits per heavy atom. The molecule has 5 heteroatoms. The van der Waals surface area contributed by atoms with Crippen LogP contribution < -0.4 is 10.1 Å². The third-order valence-electron chi connectivity index (χ3n) is 3.75. The normalized spacial score (nSPS) is 19.4. The molecule has 1 aromatic carbocycles. The number of hydrogen-bond acceptors (Lipinski definition) is 3. The molecule has 0 saturated heterocycles. The van der Waals surface area contributed by atoms with E-state index in [2.05, 4.69) is 5.32 Å². The highest BCUT2D eigenvalue weighted by Crippen LogP contribution is 2.33. The van der Waals surface area contributed by atoms with E-state index in [9.17, 15) is 9.90 Å². The van der Waals surface area contributed by atoms with Crippen LogP contribution >= 0.6 is 11.6 Å². The Morgan fingerprint density at radius 3 is 3.00 bits per heavy atom. The van der Waals surface area contributed by atoms with E-state index in [0.717, 1.165) is 24.2 Å². The molecule has 2 atom stereocenters. The fourth-order valence-corrected chi connectivity index (χ4v) is 2.54. The third-order valence-corrected chi connectivity index (χ3v) is 3.98. The van der Waals surface area contributed by atoms with Crippen LogP contribution in [0.2, 0.25) is 5.02 Å². The second kappa shape index (κ2) is 7.14. The van der Waals surface area contributed by atoms with Gasteiger partial charge in [0.1, 0.15) is 5.75 Å². The fourth-order valence-electron chi connectivity index (χ4n) is 2.37. The molecule has 0 radical (unpaired) electrons. The van der Waals surface area contributed by atoms with Crippen LogP contribution in [0.3, 0.4) is 0 Å². The Bertz CT molecular complexity index is 504. The molecule has 1 amide bonds. The number of aliphatic hydroxyl groups excluding tert-OH is 1. The van der Waals surface area contributed by atoms with Gasteiger partial charge >= 0.3 is 0 Å². The second-order valence-corrected chi connectivity index (χ2v) is 6.24. The van der Waals surface area contributed by atoms with Crippen LogP contribution in [0.15, 0.2) is 18.2 Å². The van der Waals surface area contributed by atoms with Crippen LogP contribution in [0.5, 0.6) is 5.75 Å². The first-order valence-electron chi connectivity index (χ1n) is 7.37. The summed E-state index contributed by atoms with van der Waals surface area (Å²) in [5.41, 5.74) is 0.948. The average Bonchev–Trinajstić information content (AvgIpc) is 2.60. The van der Waals surface area contributed by atoms with Gasteiger partial charge in [0.15, 0.2) is 0 Å². The molecule has 4 nitrogen and oxygen atoms in total. The van der Waals surface area contributed by atoms with E-state index < -0.39 is 6.10 Å². The first-order chi connectivity index (χ1) is 9.97. The van der Waals surface area contributed by atoms with E-state index in [-0.39, 0.29) is 24.3 Å². The summed E-state index contributed by atoms with van der Waals surface area (Å²) in [7, 11) is 0. The van der Waals surface area contributed by atoms with Crippen LogP contribution in [0, 0.1) is 5.92 Å². The number of hydrogen-bond donors (Lipinski definition) is 2. The molecule has 21 heavy (non-hydrogen) atoms. The number of ether oxygens (including phenoxy) is 1. The van der Waals surface area contributed by atoms with Crippen LogP contribution in [-0.4, -0.2) is 23.7 Å². The summed E-state index contributed by atoms with van der Waals surface area (Å²) in [6.45, 7) is 4.41. The summed E-state index contributed by atoms with van der Waals surface area (Å²) in [6.07, 6.45) is 1.19. The Labute approximate surface area is 130 Å². The van der Waals surface area contributed by atoms with Crippen LogP contribution in [0.4, 0.5) is 0 Å². The maximum Gasteiger partial charge on any atom is 0.223 e. The molecule has 0 spiro atoms. The lowest BCUT2D eigenvalue weighted by Gasteiger charge is -2.20. The number of nitrogens with one attached hydrogen (secondary N) is 1. The quantitative estimate of drug-likeness (QED) is 0.898. The van der Waals surface area contributed by atoms with Crippen molar-refractivity contribution in [3.8, 4) is 5.75 Å². The predicted octanol–water partition coefficient (Wildman–Crippen LogP) is 3.08. The molecular formula is C16H22ClNO3. The summed E-state index contributed by atoms with van der Waals surface area (Å²) in [4.78, 5) is 12.1. The van der Waals surface area contributed by atoms with E-state index in [1.807, 2.05) is 19.9 Å². The van der Waals surface area contributed by atoms with Gasteiger partial charge in [0, 0.05) is 10.6 Å². The summed E-state index contributed by atoms with van der Waals surface area (Å²) in [5, 5.41) is 13.4. The highest BCUT2D eigenvalue weighted by molar-refractivity contribution is 6.30. The summed E-state index contributed by atoms with van der Waals surface area (Å²) in [6, 6.07) is 5.39. The maximum absolute atomic E-state index is 12.1. The molecule has 0 aliphatic carbocycles. The lowest BCUT2D eigenvalue weighted by molar-refractivity contribution is -0.124. The average molecular weight is 312 g/mol. The minimum atomic E-state index is -0.614. The number of amides is 1.